The quantitative estimate of drug-likeness (QED) is 0.431. The number of rotatable bonds is 9. The van der Waals surface area contributed by atoms with E-state index in [0.717, 1.165) is 12.1 Å². The summed E-state index contributed by atoms with van der Waals surface area (Å²) in [5, 5.41) is 9.12. The predicted molar refractivity (Wildman–Crippen MR) is 113 cm³/mol. The highest BCUT2D eigenvalue weighted by Gasteiger charge is 2.30. The van der Waals surface area contributed by atoms with Crippen molar-refractivity contribution in [2.45, 2.75) is 11.1 Å². The van der Waals surface area contributed by atoms with Crippen LogP contribution in [-0.4, -0.2) is 32.7 Å². The van der Waals surface area contributed by atoms with Gasteiger partial charge in [-0.2, -0.15) is 13.2 Å². The van der Waals surface area contributed by atoms with Gasteiger partial charge in [-0.1, -0.05) is 12.1 Å². The first-order valence-corrected chi connectivity index (χ1v) is 10.9. The number of nitrogens with one attached hydrogen (secondary N) is 1. The Morgan fingerprint density at radius 2 is 1.48 bits per heavy atom. The van der Waals surface area contributed by atoms with E-state index in [0.29, 0.717) is 17.9 Å². The maximum absolute atomic E-state index is 12.6. The van der Waals surface area contributed by atoms with Gasteiger partial charge in [-0.3, -0.25) is 4.72 Å². The maximum Gasteiger partial charge on any atom is 0.416 e. The standard InChI is InChI=1S/C22H18F3NO6S/c23-22(24,25)15-5-11-18(12-6-15)33(29,30)26-16-7-9-17(10-8-16)31-13-14-32-20-4-2-1-3-19(20)21(27)28/h1-12,26H,13-14H2,(H,27,28). The summed E-state index contributed by atoms with van der Waals surface area (Å²) in [7, 11) is -4.08. The number of hydrogen-bond donors (Lipinski definition) is 2. The molecule has 0 bridgehead atoms. The van der Waals surface area contributed by atoms with Gasteiger partial charge in [0.05, 0.1) is 10.5 Å². The van der Waals surface area contributed by atoms with Crippen molar-refractivity contribution in [2.75, 3.05) is 17.9 Å². The fourth-order valence-electron chi connectivity index (χ4n) is 2.74. The van der Waals surface area contributed by atoms with Crippen LogP contribution in [0.3, 0.4) is 0 Å². The molecule has 3 aromatic rings. The van der Waals surface area contributed by atoms with Crippen LogP contribution < -0.4 is 14.2 Å². The van der Waals surface area contributed by atoms with Crippen LogP contribution in [0.5, 0.6) is 11.5 Å². The Balaban J connectivity index is 1.54. The normalized spacial score (nSPS) is 11.6. The third kappa shape index (κ3) is 6.39. The minimum Gasteiger partial charge on any atom is -0.490 e. The summed E-state index contributed by atoms with van der Waals surface area (Å²) in [6.07, 6.45) is -4.56. The summed E-state index contributed by atoms with van der Waals surface area (Å²) in [5.41, 5.74) is -0.727. The number of carboxylic acid groups (broad SMARTS) is 1. The molecule has 0 radical (unpaired) electrons. The van der Waals surface area contributed by atoms with E-state index in [1.54, 1.807) is 12.1 Å². The molecule has 0 aromatic heterocycles. The Labute approximate surface area is 187 Å². The second-order valence-electron chi connectivity index (χ2n) is 6.65. The molecule has 0 amide bonds. The van der Waals surface area contributed by atoms with Gasteiger partial charge in [0, 0.05) is 5.69 Å². The molecular weight excluding hydrogens is 463 g/mol. The van der Waals surface area contributed by atoms with Crippen LogP contribution in [0.2, 0.25) is 0 Å². The number of alkyl halides is 3. The molecule has 0 spiro atoms. The molecular formula is C22H18F3NO6S. The number of ether oxygens (including phenoxy) is 2. The summed E-state index contributed by atoms with van der Waals surface area (Å²) in [6.45, 7) is 0.178. The molecule has 11 heteroatoms. The van der Waals surface area contributed by atoms with Crippen molar-refractivity contribution in [1.82, 2.24) is 0 Å². The maximum atomic E-state index is 12.6. The van der Waals surface area contributed by atoms with Crippen molar-refractivity contribution >= 4 is 21.7 Å². The largest absolute Gasteiger partial charge is 0.490 e. The number of aromatic carboxylic acids is 1. The molecule has 0 aliphatic heterocycles. The zero-order valence-electron chi connectivity index (χ0n) is 16.9. The Morgan fingerprint density at radius 1 is 0.879 bits per heavy atom. The SMILES string of the molecule is O=C(O)c1ccccc1OCCOc1ccc(NS(=O)(=O)c2ccc(C(F)(F)F)cc2)cc1. The summed E-state index contributed by atoms with van der Waals surface area (Å²) < 4.78 is 75.9. The van der Waals surface area contributed by atoms with Crippen molar-refractivity contribution in [1.29, 1.82) is 0 Å². The highest BCUT2D eigenvalue weighted by molar-refractivity contribution is 7.92. The first-order chi connectivity index (χ1) is 15.6. The molecule has 33 heavy (non-hydrogen) atoms. The van der Waals surface area contributed by atoms with Crippen LogP contribution in [0, 0.1) is 0 Å². The van der Waals surface area contributed by atoms with Crippen molar-refractivity contribution in [3.05, 3.63) is 83.9 Å². The molecule has 0 fully saturated rings. The molecule has 0 unspecified atom stereocenters. The number of hydrogen-bond acceptors (Lipinski definition) is 5. The summed E-state index contributed by atoms with van der Waals surface area (Å²) in [4.78, 5) is 10.8. The first kappa shape index (κ1) is 23.9. The first-order valence-electron chi connectivity index (χ1n) is 9.44. The highest BCUT2D eigenvalue weighted by Crippen LogP contribution is 2.30. The Bertz CT molecular complexity index is 1210. The van der Waals surface area contributed by atoms with Crippen LogP contribution in [0.1, 0.15) is 15.9 Å². The van der Waals surface area contributed by atoms with E-state index in [-0.39, 0.29) is 35.1 Å². The predicted octanol–water partition coefficient (Wildman–Crippen LogP) is 4.66. The van der Waals surface area contributed by atoms with Gasteiger partial charge >= 0.3 is 12.1 Å². The van der Waals surface area contributed by atoms with Crippen LogP contribution >= 0.6 is 0 Å². The van der Waals surface area contributed by atoms with Crippen molar-refractivity contribution < 1.29 is 41.0 Å². The molecule has 7 nitrogen and oxygen atoms in total. The zero-order chi connectivity index (χ0) is 24.1. The number of anilines is 1. The Morgan fingerprint density at radius 3 is 2.09 bits per heavy atom. The fourth-order valence-corrected chi connectivity index (χ4v) is 3.80. The lowest BCUT2D eigenvalue weighted by molar-refractivity contribution is -0.137. The number of benzene rings is 3. The molecule has 3 aromatic carbocycles. The lowest BCUT2D eigenvalue weighted by Crippen LogP contribution is -2.14. The minimum atomic E-state index is -4.56. The second-order valence-corrected chi connectivity index (χ2v) is 8.33. The number of para-hydroxylation sites is 1. The molecule has 0 atom stereocenters. The van der Waals surface area contributed by atoms with E-state index in [1.807, 2.05) is 0 Å². The lowest BCUT2D eigenvalue weighted by atomic mass is 10.2. The number of carboxylic acids is 1. The van der Waals surface area contributed by atoms with Gasteiger partial charge in [0.25, 0.3) is 10.0 Å². The number of halogens is 3. The molecule has 0 saturated heterocycles. The highest BCUT2D eigenvalue weighted by atomic mass is 32.2. The minimum absolute atomic E-state index is 0.0298. The van der Waals surface area contributed by atoms with E-state index in [9.17, 15) is 26.4 Å². The number of carbonyl (C=O) groups is 1. The van der Waals surface area contributed by atoms with Gasteiger partial charge in [-0.15, -0.1) is 0 Å². The van der Waals surface area contributed by atoms with Gasteiger partial charge in [0.15, 0.2) is 0 Å². The van der Waals surface area contributed by atoms with Crippen molar-refractivity contribution in [3.8, 4) is 11.5 Å². The van der Waals surface area contributed by atoms with E-state index in [2.05, 4.69) is 4.72 Å². The average molecular weight is 481 g/mol. The van der Waals surface area contributed by atoms with Crippen LogP contribution in [-0.2, 0) is 16.2 Å². The summed E-state index contributed by atoms with van der Waals surface area (Å²) >= 11 is 0. The van der Waals surface area contributed by atoms with Gasteiger partial charge in [-0.05, 0) is 60.7 Å². The lowest BCUT2D eigenvalue weighted by Gasteiger charge is -2.12. The Kier molecular flexibility index (Phi) is 7.12. The summed E-state index contributed by atoms with van der Waals surface area (Å²) in [5.74, 6) is -0.495. The second kappa shape index (κ2) is 9.82. The molecule has 0 heterocycles. The van der Waals surface area contributed by atoms with E-state index < -0.39 is 27.7 Å². The molecule has 0 aliphatic carbocycles. The third-order valence-corrected chi connectivity index (χ3v) is 5.72. The van der Waals surface area contributed by atoms with E-state index in [1.165, 1.54) is 36.4 Å². The van der Waals surface area contributed by atoms with Gasteiger partial charge in [0.2, 0.25) is 0 Å². The molecule has 3 rings (SSSR count). The third-order valence-electron chi connectivity index (χ3n) is 4.33. The molecule has 2 N–H and O–H groups in total. The van der Waals surface area contributed by atoms with Crippen LogP contribution in [0.25, 0.3) is 0 Å². The molecule has 0 aliphatic rings. The molecule has 0 saturated carbocycles. The van der Waals surface area contributed by atoms with Gasteiger partial charge in [-0.25, -0.2) is 13.2 Å². The fraction of sp³-hybridized carbons (Fsp3) is 0.136. The van der Waals surface area contributed by atoms with Crippen molar-refractivity contribution in [3.63, 3.8) is 0 Å². The Hall–Kier alpha value is -3.73. The molecule has 174 valence electrons. The zero-order valence-corrected chi connectivity index (χ0v) is 17.7. The monoisotopic (exact) mass is 481 g/mol. The van der Waals surface area contributed by atoms with Crippen LogP contribution in [0.4, 0.5) is 18.9 Å². The van der Waals surface area contributed by atoms with Crippen molar-refractivity contribution in [2.24, 2.45) is 0 Å². The van der Waals surface area contributed by atoms with Crippen LogP contribution in [0.15, 0.2) is 77.7 Å². The van der Waals surface area contributed by atoms with Gasteiger partial charge in [0.1, 0.15) is 30.3 Å². The topological polar surface area (TPSA) is 102 Å². The number of sulfonamides is 1. The van der Waals surface area contributed by atoms with E-state index in [4.69, 9.17) is 14.6 Å². The van der Waals surface area contributed by atoms with E-state index >= 15 is 0 Å². The average Bonchev–Trinajstić information content (AvgIpc) is 2.77. The summed E-state index contributed by atoms with van der Waals surface area (Å²) in [6, 6.07) is 15.2. The van der Waals surface area contributed by atoms with Gasteiger partial charge < -0.3 is 14.6 Å². The smallest absolute Gasteiger partial charge is 0.416 e.